The Morgan fingerprint density at radius 1 is 1.21 bits per heavy atom. The minimum Gasteiger partial charge on any atom is -0.364 e. The van der Waals surface area contributed by atoms with Gasteiger partial charge >= 0.3 is 5.97 Å². The fourth-order valence-corrected chi connectivity index (χ4v) is 1.15. The molecule has 0 aliphatic carbocycles. The van der Waals surface area contributed by atoms with Gasteiger partial charge in [-0.3, -0.25) is 0 Å². The number of carbonyl (C=O) groups excluding carboxylic acids is 1. The molecule has 3 nitrogen and oxygen atoms in total. The Balaban J connectivity index is 4.23. The van der Waals surface area contributed by atoms with Crippen molar-refractivity contribution in [1.82, 2.24) is 5.06 Å². The highest BCUT2D eigenvalue weighted by atomic mass is 16.7. The van der Waals surface area contributed by atoms with Gasteiger partial charge in [0.25, 0.3) is 0 Å². The molecule has 0 atom stereocenters. The lowest BCUT2D eigenvalue weighted by Crippen LogP contribution is -2.27. The van der Waals surface area contributed by atoms with Gasteiger partial charge in [0.05, 0.1) is 0 Å². The summed E-state index contributed by atoms with van der Waals surface area (Å²) in [6.07, 6.45) is 3.52. The van der Waals surface area contributed by atoms with Gasteiger partial charge in [0.1, 0.15) is 0 Å². The summed E-state index contributed by atoms with van der Waals surface area (Å²) in [6.45, 7) is 9.36. The van der Waals surface area contributed by atoms with Crippen LogP contribution in [0.25, 0.3) is 0 Å². The summed E-state index contributed by atoms with van der Waals surface area (Å²) in [5.74, 6) is -0.210. The van der Waals surface area contributed by atoms with Gasteiger partial charge in [0.15, 0.2) is 0 Å². The molecule has 0 aromatic carbocycles. The van der Waals surface area contributed by atoms with E-state index in [1.807, 2.05) is 33.8 Å². The largest absolute Gasteiger partial charge is 0.364 e. The Morgan fingerprint density at radius 3 is 2.14 bits per heavy atom. The molecular formula is C11H21NO2. The average Bonchev–Trinajstić information content (AvgIpc) is 2.22. The van der Waals surface area contributed by atoms with Crippen LogP contribution in [0.15, 0.2) is 11.6 Å². The molecule has 0 unspecified atom stereocenters. The first-order chi connectivity index (χ1) is 6.69. The van der Waals surface area contributed by atoms with Crippen LogP contribution in [0.1, 0.15) is 40.5 Å². The van der Waals surface area contributed by atoms with Crippen LogP contribution in [0, 0.1) is 0 Å². The van der Waals surface area contributed by atoms with Gasteiger partial charge in [-0.05, 0) is 26.7 Å². The normalized spacial score (nSPS) is 11.9. The standard InChI is InChI=1S/C11H21NO2/c1-5-9-10(6-2)11(13)14-12(7-3)8-4/h9H,5-8H2,1-4H3. The number of nitrogens with zero attached hydrogens (tertiary/aromatic N) is 1. The number of hydroxylamine groups is 2. The molecule has 0 amide bonds. The van der Waals surface area contributed by atoms with Gasteiger partial charge in [-0.1, -0.05) is 19.9 Å². The van der Waals surface area contributed by atoms with E-state index in [2.05, 4.69) is 0 Å². The van der Waals surface area contributed by atoms with E-state index in [9.17, 15) is 4.79 Å². The van der Waals surface area contributed by atoms with Gasteiger partial charge in [-0.25, -0.2) is 4.79 Å². The number of rotatable bonds is 6. The lowest BCUT2D eigenvalue weighted by molar-refractivity contribution is -0.183. The number of carbonyl (C=O) groups is 1. The Kier molecular flexibility index (Phi) is 7.11. The SMILES string of the molecule is CCC=C(CC)C(=O)ON(CC)CC. The van der Waals surface area contributed by atoms with Gasteiger partial charge in [-0.2, -0.15) is 0 Å². The Bertz CT molecular complexity index is 195. The van der Waals surface area contributed by atoms with Crippen LogP contribution < -0.4 is 0 Å². The Labute approximate surface area is 86.7 Å². The second kappa shape index (κ2) is 7.56. The molecule has 0 saturated heterocycles. The second-order valence-electron chi connectivity index (χ2n) is 2.98. The summed E-state index contributed by atoms with van der Waals surface area (Å²) in [5.41, 5.74) is 0.763. The summed E-state index contributed by atoms with van der Waals surface area (Å²) in [5, 5.41) is 1.65. The molecule has 0 aromatic rings. The molecule has 0 fully saturated rings. The van der Waals surface area contributed by atoms with Crippen LogP contribution in [-0.2, 0) is 9.63 Å². The zero-order valence-electron chi connectivity index (χ0n) is 9.67. The van der Waals surface area contributed by atoms with Crippen molar-refractivity contribution in [2.45, 2.75) is 40.5 Å². The third-order valence-corrected chi connectivity index (χ3v) is 2.01. The summed E-state index contributed by atoms with van der Waals surface area (Å²) in [6, 6.07) is 0. The minimum atomic E-state index is -0.210. The molecule has 0 N–H and O–H groups in total. The fourth-order valence-electron chi connectivity index (χ4n) is 1.15. The predicted octanol–water partition coefficient (Wildman–Crippen LogP) is 2.53. The smallest absolute Gasteiger partial charge is 0.352 e. The van der Waals surface area contributed by atoms with Crippen molar-refractivity contribution in [1.29, 1.82) is 0 Å². The highest BCUT2D eigenvalue weighted by molar-refractivity contribution is 5.88. The van der Waals surface area contributed by atoms with Crippen molar-refractivity contribution in [3.63, 3.8) is 0 Å². The maximum absolute atomic E-state index is 11.6. The Hall–Kier alpha value is -0.830. The highest BCUT2D eigenvalue weighted by Crippen LogP contribution is 2.06. The number of hydrogen-bond acceptors (Lipinski definition) is 3. The molecule has 0 aliphatic rings. The first-order valence-electron chi connectivity index (χ1n) is 5.35. The maximum Gasteiger partial charge on any atom is 0.352 e. The maximum atomic E-state index is 11.6. The molecule has 0 spiro atoms. The van der Waals surface area contributed by atoms with Crippen LogP contribution in [0.4, 0.5) is 0 Å². The van der Waals surface area contributed by atoms with Crippen LogP contribution >= 0.6 is 0 Å². The molecule has 0 radical (unpaired) electrons. The summed E-state index contributed by atoms with van der Waals surface area (Å²) in [7, 11) is 0. The monoisotopic (exact) mass is 199 g/mol. The second-order valence-corrected chi connectivity index (χ2v) is 2.98. The molecule has 0 bridgehead atoms. The van der Waals surface area contributed by atoms with E-state index < -0.39 is 0 Å². The lowest BCUT2D eigenvalue weighted by Gasteiger charge is -2.17. The minimum absolute atomic E-state index is 0.210. The van der Waals surface area contributed by atoms with Gasteiger partial charge in [0, 0.05) is 18.7 Å². The molecule has 0 rings (SSSR count). The summed E-state index contributed by atoms with van der Waals surface area (Å²) >= 11 is 0. The quantitative estimate of drug-likeness (QED) is 0.486. The third-order valence-electron chi connectivity index (χ3n) is 2.01. The molecule has 82 valence electrons. The van der Waals surface area contributed by atoms with Crippen LogP contribution in [0.5, 0.6) is 0 Å². The van der Waals surface area contributed by atoms with Gasteiger partial charge < -0.3 is 4.84 Å². The van der Waals surface area contributed by atoms with Crippen LogP contribution in [-0.4, -0.2) is 24.1 Å². The van der Waals surface area contributed by atoms with Crippen molar-refractivity contribution in [2.24, 2.45) is 0 Å². The number of allylic oxidation sites excluding steroid dienone is 1. The number of hydrogen-bond donors (Lipinski definition) is 0. The average molecular weight is 199 g/mol. The molecule has 14 heavy (non-hydrogen) atoms. The molecule has 0 saturated carbocycles. The van der Waals surface area contributed by atoms with Crippen molar-refractivity contribution in [2.75, 3.05) is 13.1 Å². The lowest BCUT2D eigenvalue weighted by atomic mass is 10.2. The zero-order valence-corrected chi connectivity index (χ0v) is 9.67. The van der Waals surface area contributed by atoms with E-state index in [1.54, 1.807) is 5.06 Å². The summed E-state index contributed by atoms with van der Waals surface area (Å²) in [4.78, 5) is 16.7. The first-order valence-corrected chi connectivity index (χ1v) is 5.35. The Morgan fingerprint density at radius 2 is 1.79 bits per heavy atom. The van der Waals surface area contributed by atoms with Crippen LogP contribution in [0.3, 0.4) is 0 Å². The molecule has 0 aliphatic heterocycles. The van der Waals surface area contributed by atoms with E-state index in [0.717, 1.165) is 31.5 Å². The third kappa shape index (κ3) is 4.42. The highest BCUT2D eigenvalue weighted by Gasteiger charge is 2.11. The van der Waals surface area contributed by atoms with Crippen molar-refractivity contribution < 1.29 is 9.63 Å². The van der Waals surface area contributed by atoms with E-state index in [4.69, 9.17) is 4.84 Å². The summed E-state index contributed by atoms with van der Waals surface area (Å²) < 4.78 is 0. The van der Waals surface area contributed by atoms with Crippen molar-refractivity contribution in [3.8, 4) is 0 Å². The van der Waals surface area contributed by atoms with Crippen molar-refractivity contribution in [3.05, 3.63) is 11.6 Å². The van der Waals surface area contributed by atoms with E-state index in [1.165, 1.54) is 0 Å². The van der Waals surface area contributed by atoms with Gasteiger partial charge in [-0.15, -0.1) is 5.06 Å². The molecular weight excluding hydrogens is 178 g/mol. The fraction of sp³-hybridized carbons (Fsp3) is 0.727. The molecule has 3 heteroatoms. The van der Waals surface area contributed by atoms with E-state index in [0.29, 0.717) is 0 Å². The van der Waals surface area contributed by atoms with E-state index >= 15 is 0 Å². The molecule has 0 heterocycles. The van der Waals surface area contributed by atoms with Crippen LogP contribution in [0.2, 0.25) is 0 Å². The zero-order chi connectivity index (χ0) is 11.0. The van der Waals surface area contributed by atoms with E-state index in [-0.39, 0.29) is 5.97 Å². The predicted molar refractivity (Wildman–Crippen MR) is 57.7 cm³/mol. The molecule has 0 aromatic heterocycles. The first kappa shape index (κ1) is 13.2. The topological polar surface area (TPSA) is 29.5 Å². The van der Waals surface area contributed by atoms with Gasteiger partial charge in [0.2, 0.25) is 0 Å². The van der Waals surface area contributed by atoms with Crippen molar-refractivity contribution >= 4 is 5.97 Å².